The van der Waals surface area contributed by atoms with Crippen molar-refractivity contribution in [3.05, 3.63) is 11.6 Å². The SMILES string of the molecule is COc1cc(NC(=O)N2CCC(C(=O)O)CC2)c(OC)c(C)c1OC. The van der Waals surface area contributed by atoms with E-state index < -0.39 is 5.97 Å². The summed E-state index contributed by atoms with van der Waals surface area (Å²) in [5.41, 5.74) is 1.19. The van der Waals surface area contributed by atoms with Gasteiger partial charge < -0.3 is 29.5 Å². The first-order valence-electron chi connectivity index (χ1n) is 8.01. The molecule has 138 valence electrons. The molecule has 1 aromatic carbocycles. The fourth-order valence-corrected chi connectivity index (χ4v) is 3.04. The predicted molar refractivity (Wildman–Crippen MR) is 91.8 cm³/mol. The average Bonchev–Trinajstić information content (AvgIpc) is 2.61. The van der Waals surface area contributed by atoms with Gasteiger partial charge in [-0.05, 0) is 19.8 Å². The molecule has 0 saturated carbocycles. The minimum Gasteiger partial charge on any atom is -0.494 e. The number of carbonyl (C=O) groups excluding carboxylic acids is 1. The number of carboxylic acid groups (broad SMARTS) is 1. The molecule has 1 aliphatic rings. The van der Waals surface area contributed by atoms with Gasteiger partial charge in [-0.25, -0.2) is 4.79 Å². The van der Waals surface area contributed by atoms with Crippen molar-refractivity contribution in [2.24, 2.45) is 5.92 Å². The summed E-state index contributed by atoms with van der Waals surface area (Å²) in [5.74, 6) is 0.325. The number of aliphatic carboxylic acids is 1. The van der Waals surface area contributed by atoms with E-state index in [1.165, 1.54) is 21.3 Å². The normalized spacial score (nSPS) is 14.8. The molecule has 0 aliphatic carbocycles. The maximum Gasteiger partial charge on any atom is 0.321 e. The van der Waals surface area contributed by atoms with E-state index in [0.29, 0.717) is 54.4 Å². The quantitative estimate of drug-likeness (QED) is 0.844. The van der Waals surface area contributed by atoms with Crippen molar-refractivity contribution in [1.82, 2.24) is 4.90 Å². The smallest absolute Gasteiger partial charge is 0.321 e. The highest BCUT2D eigenvalue weighted by molar-refractivity contribution is 5.92. The van der Waals surface area contributed by atoms with Gasteiger partial charge in [0.2, 0.25) is 0 Å². The molecule has 2 N–H and O–H groups in total. The minimum atomic E-state index is -0.808. The van der Waals surface area contributed by atoms with Gasteiger partial charge in [0.1, 0.15) is 5.75 Å². The summed E-state index contributed by atoms with van der Waals surface area (Å²) in [7, 11) is 4.57. The summed E-state index contributed by atoms with van der Waals surface area (Å²) in [5, 5.41) is 11.9. The van der Waals surface area contributed by atoms with Crippen LogP contribution in [-0.2, 0) is 4.79 Å². The Morgan fingerprint density at radius 2 is 1.72 bits per heavy atom. The number of anilines is 1. The van der Waals surface area contributed by atoms with Crippen LogP contribution in [-0.4, -0.2) is 56.4 Å². The predicted octanol–water partition coefficient (Wildman–Crippen LogP) is 2.35. The number of piperidine rings is 1. The second-order valence-corrected chi connectivity index (χ2v) is 5.85. The lowest BCUT2D eigenvalue weighted by Gasteiger charge is -2.30. The highest BCUT2D eigenvalue weighted by atomic mass is 16.5. The lowest BCUT2D eigenvalue weighted by Crippen LogP contribution is -2.42. The molecular formula is C17H24N2O6. The van der Waals surface area contributed by atoms with Gasteiger partial charge >= 0.3 is 12.0 Å². The van der Waals surface area contributed by atoms with Crippen LogP contribution in [0, 0.1) is 12.8 Å². The Morgan fingerprint density at radius 3 is 2.20 bits per heavy atom. The molecule has 1 saturated heterocycles. The lowest BCUT2D eigenvalue weighted by atomic mass is 9.97. The van der Waals surface area contributed by atoms with Crippen molar-refractivity contribution in [2.75, 3.05) is 39.7 Å². The van der Waals surface area contributed by atoms with Gasteiger partial charge in [0, 0.05) is 24.7 Å². The first-order valence-corrected chi connectivity index (χ1v) is 8.01. The Morgan fingerprint density at radius 1 is 1.12 bits per heavy atom. The van der Waals surface area contributed by atoms with E-state index in [1.54, 1.807) is 11.0 Å². The molecule has 2 amide bonds. The summed E-state index contributed by atoms with van der Waals surface area (Å²) in [4.78, 5) is 25.1. The van der Waals surface area contributed by atoms with Crippen LogP contribution in [0.1, 0.15) is 18.4 Å². The number of rotatable bonds is 5. The molecule has 25 heavy (non-hydrogen) atoms. The van der Waals surface area contributed by atoms with Crippen LogP contribution in [0.25, 0.3) is 0 Å². The first kappa shape index (κ1) is 18.7. The van der Waals surface area contributed by atoms with Crippen molar-refractivity contribution in [2.45, 2.75) is 19.8 Å². The summed E-state index contributed by atoms with van der Waals surface area (Å²) in [6, 6.07) is 1.35. The van der Waals surface area contributed by atoms with Crippen LogP contribution in [0.5, 0.6) is 17.2 Å². The topological polar surface area (TPSA) is 97.3 Å². The Kier molecular flexibility index (Phi) is 5.95. The Hall–Kier alpha value is -2.64. The van der Waals surface area contributed by atoms with E-state index in [0.717, 1.165) is 0 Å². The van der Waals surface area contributed by atoms with Gasteiger partial charge in [-0.1, -0.05) is 0 Å². The number of nitrogens with one attached hydrogen (secondary N) is 1. The highest BCUT2D eigenvalue weighted by Gasteiger charge is 2.28. The monoisotopic (exact) mass is 352 g/mol. The third-order valence-electron chi connectivity index (χ3n) is 4.43. The van der Waals surface area contributed by atoms with Gasteiger partial charge in [0.05, 0.1) is 32.9 Å². The fraction of sp³-hybridized carbons (Fsp3) is 0.529. The largest absolute Gasteiger partial charge is 0.494 e. The number of ether oxygens (including phenoxy) is 3. The third-order valence-corrected chi connectivity index (χ3v) is 4.43. The van der Waals surface area contributed by atoms with Gasteiger partial charge in [-0.3, -0.25) is 4.79 Å². The average molecular weight is 352 g/mol. The summed E-state index contributed by atoms with van der Waals surface area (Å²) < 4.78 is 16.1. The minimum absolute atomic E-state index is 0.297. The highest BCUT2D eigenvalue weighted by Crippen LogP contribution is 2.42. The van der Waals surface area contributed by atoms with Crippen molar-refractivity contribution >= 4 is 17.7 Å². The zero-order valence-corrected chi connectivity index (χ0v) is 14.9. The van der Waals surface area contributed by atoms with Crippen LogP contribution in [0.2, 0.25) is 0 Å². The number of carboxylic acids is 1. The van der Waals surface area contributed by atoms with E-state index >= 15 is 0 Å². The number of hydrogen-bond acceptors (Lipinski definition) is 5. The summed E-state index contributed by atoms with van der Waals surface area (Å²) in [6.45, 7) is 2.61. The molecule has 0 bridgehead atoms. The van der Waals surface area contributed by atoms with Crippen LogP contribution in [0.3, 0.4) is 0 Å². The Balaban J connectivity index is 2.18. The third kappa shape index (κ3) is 3.89. The molecule has 1 heterocycles. The van der Waals surface area contributed by atoms with Gasteiger partial charge in [0.15, 0.2) is 11.5 Å². The zero-order valence-electron chi connectivity index (χ0n) is 14.9. The summed E-state index contributed by atoms with van der Waals surface area (Å²) in [6.07, 6.45) is 0.899. The molecule has 1 aliphatic heterocycles. The molecule has 0 aromatic heterocycles. The van der Waals surface area contributed by atoms with E-state index in [-0.39, 0.29) is 11.9 Å². The van der Waals surface area contributed by atoms with Crippen LogP contribution < -0.4 is 19.5 Å². The van der Waals surface area contributed by atoms with Gasteiger partial charge in [0.25, 0.3) is 0 Å². The number of amides is 2. The van der Waals surface area contributed by atoms with Crippen molar-refractivity contribution in [3.8, 4) is 17.2 Å². The van der Waals surface area contributed by atoms with Crippen LogP contribution in [0.4, 0.5) is 10.5 Å². The number of benzene rings is 1. The molecule has 1 fully saturated rings. The maximum absolute atomic E-state index is 12.5. The first-order chi connectivity index (χ1) is 11.9. The van der Waals surface area contributed by atoms with Crippen LogP contribution >= 0.6 is 0 Å². The van der Waals surface area contributed by atoms with Crippen molar-refractivity contribution < 1.29 is 28.9 Å². The molecule has 0 spiro atoms. The van der Waals surface area contributed by atoms with E-state index in [9.17, 15) is 9.59 Å². The Bertz CT molecular complexity index is 653. The number of likely N-dealkylation sites (tertiary alicyclic amines) is 1. The molecule has 0 unspecified atom stereocenters. The standard InChI is InChI=1S/C17H24N2O6/c1-10-14(24-3)12(9-13(23-2)15(10)25-4)18-17(22)19-7-5-11(6-8-19)16(20)21/h9,11H,5-8H2,1-4H3,(H,18,22)(H,20,21). The number of nitrogens with zero attached hydrogens (tertiary/aromatic N) is 1. The van der Waals surface area contributed by atoms with E-state index in [4.69, 9.17) is 19.3 Å². The number of hydrogen-bond donors (Lipinski definition) is 2. The van der Waals surface area contributed by atoms with Gasteiger partial charge in [-0.2, -0.15) is 0 Å². The molecule has 0 radical (unpaired) electrons. The molecule has 0 atom stereocenters. The lowest BCUT2D eigenvalue weighted by molar-refractivity contribution is -0.143. The van der Waals surface area contributed by atoms with E-state index in [2.05, 4.69) is 5.32 Å². The van der Waals surface area contributed by atoms with Crippen molar-refractivity contribution in [1.29, 1.82) is 0 Å². The Labute approximate surface area is 146 Å². The number of methoxy groups -OCH3 is 3. The van der Waals surface area contributed by atoms with Crippen molar-refractivity contribution in [3.63, 3.8) is 0 Å². The molecule has 8 nitrogen and oxygen atoms in total. The number of carbonyl (C=O) groups is 2. The fourth-order valence-electron chi connectivity index (χ4n) is 3.04. The van der Waals surface area contributed by atoms with Gasteiger partial charge in [-0.15, -0.1) is 0 Å². The molecule has 2 rings (SSSR count). The van der Waals surface area contributed by atoms with E-state index in [1.807, 2.05) is 6.92 Å². The second-order valence-electron chi connectivity index (χ2n) is 5.85. The zero-order chi connectivity index (χ0) is 18.6. The number of urea groups is 1. The molecule has 1 aromatic rings. The van der Waals surface area contributed by atoms with Crippen LogP contribution in [0.15, 0.2) is 6.07 Å². The second kappa shape index (κ2) is 7.96. The molecular weight excluding hydrogens is 328 g/mol. The molecule has 8 heteroatoms. The summed E-state index contributed by atoms with van der Waals surface area (Å²) >= 11 is 0. The maximum atomic E-state index is 12.5.